The Morgan fingerprint density at radius 2 is 1.67 bits per heavy atom. The number of hydrogen-bond donors (Lipinski definition) is 0. The van der Waals surface area contributed by atoms with Gasteiger partial charge in [0.15, 0.2) is 0 Å². The van der Waals surface area contributed by atoms with Crippen LogP contribution in [-0.2, 0) is 0 Å². The molecule has 88 valence electrons. The van der Waals surface area contributed by atoms with Crippen LogP contribution < -0.4 is 4.74 Å². The average molecular weight is 235 g/mol. The first-order chi connectivity index (χ1) is 8.88. The summed E-state index contributed by atoms with van der Waals surface area (Å²) in [5.41, 5.74) is 3.33. The fourth-order valence-corrected chi connectivity index (χ4v) is 2.11. The van der Waals surface area contributed by atoms with Gasteiger partial charge in [0.25, 0.3) is 0 Å². The third-order valence-electron chi connectivity index (χ3n) is 3.03. The Morgan fingerprint density at radius 1 is 0.889 bits per heavy atom. The Hall–Kier alpha value is -2.35. The molecule has 0 spiro atoms. The van der Waals surface area contributed by atoms with Crippen molar-refractivity contribution in [3.05, 3.63) is 60.8 Å². The standard InChI is InChI=1S/C16H13NO/c1-18-14-9-7-12(8-10-14)15-6-2-4-13-5-3-11-17-16(13)15/h2-11H,1H3. The highest BCUT2D eigenvalue weighted by Crippen LogP contribution is 2.28. The van der Waals surface area contributed by atoms with E-state index in [1.807, 2.05) is 24.4 Å². The van der Waals surface area contributed by atoms with Crippen molar-refractivity contribution < 1.29 is 4.74 Å². The molecule has 18 heavy (non-hydrogen) atoms. The minimum atomic E-state index is 0.868. The number of para-hydroxylation sites is 1. The monoisotopic (exact) mass is 235 g/mol. The lowest BCUT2D eigenvalue weighted by atomic mass is 10.0. The van der Waals surface area contributed by atoms with Crippen molar-refractivity contribution in [2.45, 2.75) is 0 Å². The van der Waals surface area contributed by atoms with Crippen molar-refractivity contribution >= 4 is 10.9 Å². The molecule has 0 atom stereocenters. The first-order valence-corrected chi connectivity index (χ1v) is 5.86. The van der Waals surface area contributed by atoms with Gasteiger partial charge in [-0.2, -0.15) is 0 Å². The van der Waals surface area contributed by atoms with Crippen molar-refractivity contribution in [2.24, 2.45) is 0 Å². The van der Waals surface area contributed by atoms with Gasteiger partial charge in [0.1, 0.15) is 5.75 Å². The molecule has 0 unspecified atom stereocenters. The molecule has 0 amide bonds. The SMILES string of the molecule is COc1ccc(-c2cccc3cccnc23)cc1. The second-order valence-corrected chi connectivity index (χ2v) is 4.11. The first kappa shape index (κ1) is 10.8. The summed E-state index contributed by atoms with van der Waals surface area (Å²) in [4.78, 5) is 4.47. The normalized spacial score (nSPS) is 10.5. The molecule has 2 nitrogen and oxygen atoms in total. The Labute approximate surface area is 106 Å². The van der Waals surface area contributed by atoms with Gasteiger partial charge in [0, 0.05) is 17.1 Å². The summed E-state index contributed by atoms with van der Waals surface area (Å²) in [5.74, 6) is 0.868. The quantitative estimate of drug-likeness (QED) is 0.671. The molecular formula is C16H13NO. The first-order valence-electron chi connectivity index (χ1n) is 5.86. The van der Waals surface area contributed by atoms with Crippen LogP contribution in [0.15, 0.2) is 60.8 Å². The molecule has 0 saturated heterocycles. The fraction of sp³-hybridized carbons (Fsp3) is 0.0625. The number of hydrogen-bond acceptors (Lipinski definition) is 2. The lowest BCUT2D eigenvalue weighted by Crippen LogP contribution is -1.85. The highest BCUT2D eigenvalue weighted by Gasteiger charge is 2.04. The molecule has 2 heteroatoms. The molecule has 0 fully saturated rings. The Balaban J connectivity index is 2.18. The fourth-order valence-electron chi connectivity index (χ4n) is 2.11. The molecule has 0 N–H and O–H groups in total. The van der Waals surface area contributed by atoms with E-state index in [1.54, 1.807) is 7.11 Å². The molecule has 3 rings (SSSR count). The van der Waals surface area contributed by atoms with Gasteiger partial charge in [-0.3, -0.25) is 4.98 Å². The molecule has 0 aliphatic carbocycles. The molecule has 0 saturated carbocycles. The van der Waals surface area contributed by atoms with E-state index in [9.17, 15) is 0 Å². The maximum atomic E-state index is 5.18. The van der Waals surface area contributed by atoms with E-state index < -0.39 is 0 Å². The van der Waals surface area contributed by atoms with Crippen LogP contribution in [0.4, 0.5) is 0 Å². The van der Waals surface area contributed by atoms with E-state index in [2.05, 4.69) is 41.4 Å². The molecular weight excluding hydrogens is 222 g/mol. The van der Waals surface area contributed by atoms with Crippen molar-refractivity contribution in [3.8, 4) is 16.9 Å². The van der Waals surface area contributed by atoms with Gasteiger partial charge in [-0.05, 0) is 23.8 Å². The summed E-state index contributed by atoms with van der Waals surface area (Å²) in [5, 5.41) is 1.16. The molecule has 1 aromatic heterocycles. The number of rotatable bonds is 2. The summed E-state index contributed by atoms with van der Waals surface area (Å²) in [7, 11) is 1.68. The van der Waals surface area contributed by atoms with Crippen LogP contribution in [0.5, 0.6) is 5.75 Å². The second-order valence-electron chi connectivity index (χ2n) is 4.11. The van der Waals surface area contributed by atoms with Gasteiger partial charge in [0.05, 0.1) is 12.6 Å². The number of aromatic nitrogens is 1. The van der Waals surface area contributed by atoms with Crippen molar-refractivity contribution in [1.82, 2.24) is 4.98 Å². The predicted molar refractivity (Wildman–Crippen MR) is 73.7 cm³/mol. The van der Waals surface area contributed by atoms with E-state index >= 15 is 0 Å². The smallest absolute Gasteiger partial charge is 0.118 e. The lowest BCUT2D eigenvalue weighted by Gasteiger charge is -2.06. The highest BCUT2D eigenvalue weighted by atomic mass is 16.5. The number of benzene rings is 2. The van der Waals surface area contributed by atoms with Gasteiger partial charge < -0.3 is 4.74 Å². The van der Waals surface area contributed by atoms with E-state index in [1.165, 1.54) is 0 Å². The summed E-state index contributed by atoms with van der Waals surface area (Å²) in [6.45, 7) is 0. The van der Waals surface area contributed by atoms with Crippen LogP contribution >= 0.6 is 0 Å². The number of methoxy groups -OCH3 is 1. The van der Waals surface area contributed by atoms with Crippen molar-refractivity contribution in [3.63, 3.8) is 0 Å². The number of fused-ring (bicyclic) bond motifs is 1. The summed E-state index contributed by atoms with van der Waals surface area (Å²) in [6.07, 6.45) is 1.83. The van der Waals surface area contributed by atoms with Gasteiger partial charge in [-0.25, -0.2) is 0 Å². The maximum absolute atomic E-state index is 5.18. The molecule has 0 bridgehead atoms. The maximum Gasteiger partial charge on any atom is 0.118 e. The van der Waals surface area contributed by atoms with Crippen molar-refractivity contribution in [2.75, 3.05) is 7.11 Å². The van der Waals surface area contributed by atoms with Gasteiger partial charge in [-0.1, -0.05) is 36.4 Å². The Kier molecular flexibility index (Phi) is 2.69. The zero-order valence-electron chi connectivity index (χ0n) is 10.1. The van der Waals surface area contributed by atoms with E-state index in [0.29, 0.717) is 0 Å². The van der Waals surface area contributed by atoms with Crippen LogP contribution in [0.2, 0.25) is 0 Å². The lowest BCUT2D eigenvalue weighted by molar-refractivity contribution is 0.415. The Morgan fingerprint density at radius 3 is 2.44 bits per heavy atom. The summed E-state index contributed by atoms with van der Waals surface area (Å²) >= 11 is 0. The summed E-state index contributed by atoms with van der Waals surface area (Å²) < 4.78 is 5.18. The molecule has 2 aromatic carbocycles. The van der Waals surface area contributed by atoms with Gasteiger partial charge >= 0.3 is 0 Å². The third kappa shape index (κ3) is 1.82. The van der Waals surface area contributed by atoms with Crippen LogP contribution in [0, 0.1) is 0 Å². The predicted octanol–water partition coefficient (Wildman–Crippen LogP) is 3.91. The average Bonchev–Trinajstić information content (AvgIpc) is 2.47. The van der Waals surface area contributed by atoms with E-state index in [4.69, 9.17) is 4.74 Å². The second kappa shape index (κ2) is 4.49. The van der Waals surface area contributed by atoms with Crippen LogP contribution in [0.3, 0.4) is 0 Å². The largest absolute Gasteiger partial charge is 0.497 e. The topological polar surface area (TPSA) is 22.1 Å². The van der Waals surface area contributed by atoms with Crippen LogP contribution in [0.1, 0.15) is 0 Å². The molecule has 0 aliphatic heterocycles. The van der Waals surface area contributed by atoms with Gasteiger partial charge in [0.2, 0.25) is 0 Å². The minimum absolute atomic E-state index is 0.868. The molecule has 0 aliphatic rings. The minimum Gasteiger partial charge on any atom is -0.497 e. The summed E-state index contributed by atoms with van der Waals surface area (Å²) in [6, 6.07) is 18.3. The third-order valence-corrected chi connectivity index (χ3v) is 3.03. The highest BCUT2D eigenvalue weighted by molar-refractivity contribution is 5.93. The molecule has 0 radical (unpaired) electrons. The van der Waals surface area contributed by atoms with E-state index in [-0.39, 0.29) is 0 Å². The van der Waals surface area contributed by atoms with Crippen molar-refractivity contribution in [1.29, 1.82) is 0 Å². The zero-order valence-corrected chi connectivity index (χ0v) is 10.1. The number of ether oxygens (including phenoxy) is 1. The number of nitrogens with zero attached hydrogens (tertiary/aromatic N) is 1. The number of pyridine rings is 1. The molecule has 1 heterocycles. The zero-order chi connectivity index (χ0) is 12.4. The van der Waals surface area contributed by atoms with E-state index in [0.717, 1.165) is 27.8 Å². The Bertz CT molecular complexity index is 669. The van der Waals surface area contributed by atoms with Crippen LogP contribution in [0.25, 0.3) is 22.0 Å². The van der Waals surface area contributed by atoms with Crippen LogP contribution in [-0.4, -0.2) is 12.1 Å². The molecule has 3 aromatic rings. The van der Waals surface area contributed by atoms with Gasteiger partial charge in [-0.15, -0.1) is 0 Å².